The monoisotopic (exact) mass is 249 g/mol. The number of carbonyl (C=O) groups is 1. The highest BCUT2D eigenvalue weighted by Gasteiger charge is 2.08. The molecule has 0 fully saturated rings. The van der Waals surface area contributed by atoms with Gasteiger partial charge in [-0.15, -0.1) is 0 Å². The molecule has 0 saturated carbocycles. The normalized spacial score (nSPS) is 10.3. The predicted molar refractivity (Wildman–Crippen MR) is 61.2 cm³/mol. The highest BCUT2D eigenvalue weighted by atomic mass is 19.1. The fourth-order valence-corrected chi connectivity index (χ4v) is 1.36. The Morgan fingerprint density at radius 3 is 2.83 bits per heavy atom. The second kappa shape index (κ2) is 5.39. The molecule has 2 aromatic heterocycles. The average molecular weight is 249 g/mol. The number of nitrogens with one attached hydrogen (secondary N) is 1. The molecule has 0 aliphatic carbocycles. The van der Waals surface area contributed by atoms with Crippen LogP contribution in [0.3, 0.4) is 0 Å². The number of hydrogen-bond acceptors (Lipinski definition) is 4. The van der Waals surface area contributed by atoms with E-state index in [-0.39, 0.29) is 12.5 Å². The molecule has 94 valence electrons. The van der Waals surface area contributed by atoms with E-state index in [9.17, 15) is 9.18 Å². The van der Waals surface area contributed by atoms with Gasteiger partial charge in [0, 0.05) is 12.6 Å². The fourth-order valence-electron chi connectivity index (χ4n) is 1.36. The first-order valence-electron chi connectivity index (χ1n) is 5.52. The number of carbonyl (C=O) groups excluding carboxylic acids is 1. The van der Waals surface area contributed by atoms with E-state index in [1.54, 1.807) is 6.20 Å². The van der Waals surface area contributed by atoms with Gasteiger partial charge in [0.2, 0.25) is 11.8 Å². The van der Waals surface area contributed by atoms with Gasteiger partial charge < -0.3 is 9.73 Å². The first-order chi connectivity index (χ1) is 8.69. The Kier molecular flexibility index (Phi) is 3.66. The summed E-state index contributed by atoms with van der Waals surface area (Å²) in [5, 5.41) is 2.61. The molecule has 6 heteroatoms. The van der Waals surface area contributed by atoms with E-state index in [0.29, 0.717) is 11.5 Å². The second-order valence-corrected chi connectivity index (χ2v) is 3.63. The van der Waals surface area contributed by atoms with Gasteiger partial charge in [-0.25, -0.2) is 9.97 Å². The summed E-state index contributed by atoms with van der Waals surface area (Å²) in [6.45, 7) is 2.14. The Labute approximate surface area is 103 Å². The predicted octanol–water partition coefficient (Wildman–Crippen LogP) is 1.70. The first-order valence-corrected chi connectivity index (χ1v) is 5.52. The smallest absolute Gasteiger partial charge is 0.253 e. The van der Waals surface area contributed by atoms with Crippen LogP contribution in [-0.4, -0.2) is 15.9 Å². The van der Waals surface area contributed by atoms with Crippen molar-refractivity contribution in [1.29, 1.82) is 0 Å². The minimum atomic E-state index is -0.619. The number of oxazole rings is 1. The average Bonchev–Trinajstić information content (AvgIpc) is 2.85. The molecule has 18 heavy (non-hydrogen) atoms. The number of aryl methyl sites for hydroxylation is 1. The lowest BCUT2D eigenvalue weighted by atomic mass is 10.3. The third-order valence-corrected chi connectivity index (χ3v) is 2.34. The zero-order valence-corrected chi connectivity index (χ0v) is 9.81. The van der Waals surface area contributed by atoms with Crippen LogP contribution in [0.5, 0.6) is 0 Å². The molecule has 2 aromatic rings. The Balaban J connectivity index is 1.93. The molecule has 0 spiro atoms. The van der Waals surface area contributed by atoms with Crippen molar-refractivity contribution in [2.45, 2.75) is 19.9 Å². The van der Waals surface area contributed by atoms with E-state index in [0.717, 1.165) is 18.2 Å². The van der Waals surface area contributed by atoms with Crippen molar-refractivity contribution in [3.63, 3.8) is 0 Å². The maximum atomic E-state index is 12.6. The fraction of sp³-hybridized carbons (Fsp3) is 0.250. The van der Waals surface area contributed by atoms with Crippen LogP contribution in [0.1, 0.15) is 28.9 Å². The Morgan fingerprint density at radius 1 is 1.39 bits per heavy atom. The molecule has 0 aromatic carbocycles. The third-order valence-electron chi connectivity index (χ3n) is 2.34. The van der Waals surface area contributed by atoms with Gasteiger partial charge in [-0.1, -0.05) is 6.92 Å². The lowest BCUT2D eigenvalue weighted by molar-refractivity contribution is 0.0946. The van der Waals surface area contributed by atoms with E-state index in [2.05, 4.69) is 15.3 Å². The van der Waals surface area contributed by atoms with Crippen LogP contribution < -0.4 is 5.32 Å². The number of rotatable bonds is 4. The molecule has 0 radical (unpaired) electrons. The molecule has 1 amide bonds. The Morgan fingerprint density at radius 2 is 2.22 bits per heavy atom. The van der Waals surface area contributed by atoms with Gasteiger partial charge in [0.15, 0.2) is 0 Å². The lowest BCUT2D eigenvalue weighted by Gasteiger charge is -2.01. The highest BCUT2D eigenvalue weighted by molar-refractivity contribution is 5.93. The first kappa shape index (κ1) is 12.2. The van der Waals surface area contributed by atoms with Crippen molar-refractivity contribution in [2.24, 2.45) is 0 Å². The lowest BCUT2D eigenvalue weighted by Crippen LogP contribution is -2.23. The van der Waals surface area contributed by atoms with E-state index in [1.807, 2.05) is 6.92 Å². The minimum absolute atomic E-state index is 0.191. The molecule has 5 nitrogen and oxygen atoms in total. The number of aromatic nitrogens is 2. The number of hydrogen-bond donors (Lipinski definition) is 1. The molecule has 2 rings (SSSR count). The van der Waals surface area contributed by atoms with Gasteiger partial charge in [0.1, 0.15) is 5.76 Å². The summed E-state index contributed by atoms with van der Waals surface area (Å²) in [4.78, 5) is 19.1. The van der Waals surface area contributed by atoms with Crippen LogP contribution in [0.2, 0.25) is 0 Å². The van der Waals surface area contributed by atoms with Crippen molar-refractivity contribution in [1.82, 2.24) is 15.3 Å². The number of amides is 1. The van der Waals surface area contributed by atoms with Gasteiger partial charge in [-0.2, -0.15) is 4.39 Å². The van der Waals surface area contributed by atoms with Crippen molar-refractivity contribution < 1.29 is 13.6 Å². The highest BCUT2D eigenvalue weighted by Crippen LogP contribution is 2.04. The summed E-state index contributed by atoms with van der Waals surface area (Å²) in [5.74, 6) is 0.239. The molecule has 1 N–H and O–H groups in total. The molecule has 0 aliphatic rings. The summed E-state index contributed by atoms with van der Waals surface area (Å²) in [6, 6.07) is 2.50. The maximum Gasteiger partial charge on any atom is 0.253 e. The summed E-state index contributed by atoms with van der Waals surface area (Å²) in [7, 11) is 0. The van der Waals surface area contributed by atoms with Crippen LogP contribution in [0.25, 0.3) is 0 Å². The summed E-state index contributed by atoms with van der Waals surface area (Å²) >= 11 is 0. The van der Waals surface area contributed by atoms with Crippen LogP contribution in [0.15, 0.2) is 28.9 Å². The molecular weight excluding hydrogens is 237 g/mol. The Hall–Kier alpha value is -2.24. The van der Waals surface area contributed by atoms with Gasteiger partial charge in [0.25, 0.3) is 5.91 Å². The van der Waals surface area contributed by atoms with Crippen LogP contribution >= 0.6 is 0 Å². The van der Waals surface area contributed by atoms with Crippen LogP contribution in [0.4, 0.5) is 4.39 Å². The van der Waals surface area contributed by atoms with E-state index in [1.165, 1.54) is 12.3 Å². The topological polar surface area (TPSA) is 68.0 Å². The molecule has 0 bridgehead atoms. The zero-order valence-electron chi connectivity index (χ0n) is 9.81. The van der Waals surface area contributed by atoms with Crippen molar-refractivity contribution in [3.05, 3.63) is 47.7 Å². The number of pyridine rings is 1. The van der Waals surface area contributed by atoms with Crippen molar-refractivity contribution in [3.8, 4) is 0 Å². The third kappa shape index (κ3) is 2.91. The minimum Gasteiger partial charge on any atom is -0.444 e. The van der Waals surface area contributed by atoms with Gasteiger partial charge in [-0.05, 0) is 12.1 Å². The number of halogens is 1. The van der Waals surface area contributed by atoms with Gasteiger partial charge >= 0.3 is 0 Å². The summed E-state index contributed by atoms with van der Waals surface area (Å²) < 4.78 is 17.9. The summed E-state index contributed by atoms with van der Waals surface area (Å²) in [6.07, 6.45) is 3.56. The van der Waals surface area contributed by atoms with Crippen molar-refractivity contribution >= 4 is 5.91 Å². The molecular formula is C12H12FN3O2. The number of nitrogens with zero attached hydrogens (tertiary/aromatic N) is 2. The van der Waals surface area contributed by atoms with Crippen LogP contribution in [-0.2, 0) is 13.0 Å². The second-order valence-electron chi connectivity index (χ2n) is 3.63. The quantitative estimate of drug-likeness (QED) is 0.837. The van der Waals surface area contributed by atoms with E-state index in [4.69, 9.17) is 4.42 Å². The Bertz CT molecular complexity index is 537. The van der Waals surface area contributed by atoms with Gasteiger partial charge in [0.05, 0.1) is 18.3 Å². The van der Waals surface area contributed by atoms with Crippen molar-refractivity contribution in [2.75, 3.05) is 0 Å². The van der Waals surface area contributed by atoms with Gasteiger partial charge in [-0.3, -0.25) is 4.79 Å². The molecule has 0 saturated heterocycles. The summed E-state index contributed by atoms with van der Waals surface area (Å²) in [5.41, 5.74) is 0.290. The molecule has 0 atom stereocenters. The van der Waals surface area contributed by atoms with E-state index < -0.39 is 5.95 Å². The SMILES string of the molecule is CCc1cnc(CNC(=O)c2ccc(F)nc2)o1. The molecule has 2 heterocycles. The zero-order chi connectivity index (χ0) is 13.0. The van der Waals surface area contributed by atoms with Crippen LogP contribution in [0, 0.1) is 5.95 Å². The molecule has 0 aliphatic heterocycles. The van der Waals surface area contributed by atoms with E-state index >= 15 is 0 Å². The standard InChI is InChI=1S/C12H12FN3O2/c1-2-9-6-15-11(18-9)7-16-12(17)8-3-4-10(13)14-5-8/h3-6H,2,7H2,1H3,(H,16,17). The maximum absolute atomic E-state index is 12.6. The largest absolute Gasteiger partial charge is 0.444 e. The molecule has 0 unspecified atom stereocenters.